The van der Waals surface area contributed by atoms with Crippen molar-refractivity contribution in [3.63, 3.8) is 0 Å². The Hall–Kier alpha value is -1.94. The van der Waals surface area contributed by atoms with Gasteiger partial charge in [-0.25, -0.2) is 0 Å². The number of anilines is 1. The molecule has 4 heteroatoms. The van der Waals surface area contributed by atoms with Crippen LogP contribution in [0.15, 0.2) is 42.6 Å². The van der Waals surface area contributed by atoms with Gasteiger partial charge in [0.15, 0.2) is 0 Å². The molecule has 0 unspecified atom stereocenters. The summed E-state index contributed by atoms with van der Waals surface area (Å²) in [5.41, 5.74) is 1.96. The van der Waals surface area contributed by atoms with Crippen molar-refractivity contribution in [2.45, 2.75) is 19.9 Å². The molecule has 2 aromatic heterocycles. The molecule has 0 aliphatic rings. The number of thiophene rings is 1. The average molecular weight is 269 g/mol. The predicted octanol–water partition coefficient (Wildman–Crippen LogP) is 3.87. The summed E-state index contributed by atoms with van der Waals surface area (Å²) in [6.07, 6.45) is 2.89. The Morgan fingerprint density at radius 2 is 1.95 bits per heavy atom. The van der Waals surface area contributed by atoms with Gasteiger partial charge in [0, 0.05) is 21.7 Å². The maximum absolute atomic E-state index is 4.13. The summed E-state index contributed by atoms with van der Waals surface area (Å²) >= 11 is 1.86. The third-order valence-corrected chi connectivity index (χ3v) is 4.29. The Bertz CT molecular complexity index is 685. The minimum atomic E-state index is 0.834. The maximum atomic E-state index is 4.13. The number of aromatic nitrogens is 2. The van der Waals surface area contributed by atoms with Gasteiger partial charge in [-0.3, -0.25) is 0 Å². The minimum Gasteiger partial charge on any atom is -0.378 e. The van der Waals surface area contributed by atoms with Gasteiger partial charge >= 0.3 is 0 Å². The fraction of sp³-hybridized carbons (Fsp3) is 0.200. The molecule has 0 aliphatic heterocycles. The lowest BCUT2D eigenvalue weighted by atomic mass is 10.2. The maximum Gasteiger partial charge on any atom is 0.0950 e. The second kappa shape index (κ2) is 5.36. The number of nitrogens with zero attached hydrogens (tertiary/aromatic N) is 2. The molecule has 96 valence electrons. The molecule has 0 aliphatic carbocycles. The number of rotatable bonds is 4. The molecular weight excluding hydrogens is 254 g/mol. The number of hydrogen-bond acceptors (Lipinski definition) is 4. The van der Waals surface area contributed by atoms with Crippen molar-refractivity contribution in [2.24, 2.45) is 0 Å². The molecule has 2 heterocycles. The Balaban J connectivity index is 1.81. The van der Waals surface area contributed by atoms with Crippen LogP contribution < -0.4 is 5.32 Å². The van der Waals surface area contributed by atoms with Crippen LogP contribution in [0.4, 0.5) is 5.69 Å². The van der Waals surface area contributed by atoms with Crippen LogP contribution >= 0.6 is 11.3 Å². The summed E-state index contributed by atoms with van der Waals surface area (Å²) in [5, 5.41) is 12.7. The normalized spacial score (nSPS) is 10.8. The molecule has 19 heavy (non-hydrogen) atoms. The van der Waals surface area contributed by atoms with E-state index in [4.69, 9.17) is 0 Å². The lowest BCUT2D eigenvalue weighted by Crippen LogP contribution is -1.99. The van der Waals surface area contributed by atoms with Crippen LogP contribution in [0, 0.1) is 0 Å². The van der Waals surface area contributed by atoms with Crippen LogP contribution in [0.5, 0.6) is 0 Å². The van der Waals surface area contributed by atoms with Crippen LogP contribution in [-0.4, -0.2) is 10.2 Å². The number of fused-ring (bicyclic) bond motifs is 1. The molecule has 3 rings (SSSR count). The summed E-state index contributed by atoms with van der Waals surface area (Å²) in [7, 11) is 0. The summed E-state index contributed by atoms with van der Waals surface area (Å²) in [6.45, 7) is 3.02. The van der Waals surface area contributed by atoms with Crippen molar-refractivity contribution in [1.82, 2.24) is 10.2 Å². The molecule has 0 fully saturated rings. The Labute approximate surface area is 116 Å². The van der Waals surface area contributed by atoms with E-state index in [2.05, 4.69) is 40.6 Å². The van der Waals surface area contributed by atoms with Gasteiger partial charge in [-0.15, -0.1) is 11.3 Å². The van der Waals surface area contributed by atoms with Crippen LogP contribution in [-0.2, 0) is 13.0 Å². The largest absolute Gasteiger partial charge is 0.378 e. The summed E-state index contributed by atoms with van der Waals surface area (Å²) in [5.74, 6) is 0. The molecule has 0 atom stereocenters. The van der Waals surface area contributed by atoms with Crippen molar-refractivity contribution in [3.8, 4) is 0 Å². The van der Waals surface area contributed by atoms with Crippen molar-refractivity contribution in [3.05, 3.63) is 52.3 Å². The summed E-state index contributed by atoms with van der Waals surface area (Å²) < 4.78 is 0. The van der Waals surface area contributed by atoms with Crippen LogP contribution in [0.25, 0.3) is 10.9 Å². The van der Waals surface area contributed by atoms with E-state index in [-0.39, 0.29) is 0 Å². The van der Waals surface area contributed by atoms with Crippen LogP contribution in [0.1, 0.15) is 16.7 Å². The standard InChI is InChI=1S/C15H15N3S/c1-2-11-7-8-12(19-11)9-16-15-10-17-18-14-6-4-3-5-13(14)15/h3-8,10H,2,9H2,1H3,(H,16,18). The molecule has 0 amide bonds. The highest BCUT2D eigenvalue weighted by Crippen LogP contribution is 2.22. The fourth-order valence-electron chi connectivity index (χ4n) is 2.04. The van der Waals surface area contributed by atoms with E-state index in [0.29, 0.717) is 0 Å². The molecular formula is C15H15N3S. The first-order valence-corrected chi connectivity index (χ1v) is 7.20. The minimum absolute atomic E-state index is 0.834. The highest BCUT2D eigenvalue weighted by molar-refractivity contribution is 7.12. The zero-order valence-corrected chi connectivity index (χ0v) is 11.6. The quantitative estimate of drug-likeness (QED) is 0.781. The second-order valence-corrected chi connectivity index (χ2v) is 5.60. The van der Waals surface area contributed by atoms with Crippen LogP contribution in [0.2, 0.25) is 0 Å². The number of nitrogens with one attached hydrogen (secondary N) is 1. The summed E-state index contributed by atoms with van der Waals surface area (Å²) in [4.78, 5) is 2.77. The predicted molar refractivity (Wildman–Crippen MR) is 80.6 cm³/mol. The molecule has 0 bridgehead atoms. The molecule has 0 spiro atoms. The van der Waals surface area contributed by atoms with Gasteiger partial charge in [0.05, 0.1) is 17.4 Å². The molecule has 0 saturated heterocycles. The smallest absolute Gasteiger partial charge is 0.0950 e. The van der Waals surface area contributed by atoms with E-state index < -0.39 is 0 Å². The van der Waals surface area contributed by atoms with Gasteiger partial charge in [-0.2, -0.15) is 10.2 Å². The molecule has 1 aromatic carbocycles. The molecule has 0 radical (unpaired) electrons. The van der Waals surface area contributed by atoms with E-state index in [9.17, 15) is 0 Å². The third-order valence-electron chi connectivity index (χ3n) is 3.07. The molecule has 1 N–H and O–H groups in total. The Morgan fingerprint density at radius 3 is 2.79 bits per heavy atom. The lowest BCUT2D eigenvalue weighted by molar-refractivity contribution is 1.06. The van der Waals surface area contributed by atoms with Crippen molar-refractivity contribution in [2.75, 3.05) is 5.32 Å². The average Bonchev–Trinajstić information content (AvgIpc) is 2.93. The van der Waals surface area contributed by atoms with Crippen molar-refractivity contribution < 1.29 is 0 Å². The van der Waals surface area contributed by atoms with Gasteiger partial charge in [0.2, 0.25) is 0 Å². The zero-order chi connectivity index (χ0) is 13.1. The third kappa shape index (κ3) is 2.58. The molecule has 0 saturated carbocycles. The van der Waals surface area contributed by atoms with Gasteiger partial charge in [0.25, 0.3) is 0 Å². The second-order valence-electron chi connectivity index (χ2n) is 4.35. The Kier molecular flexibility index (Phi) is 3.42. The zero-order valence-electron chi connectivity index (χ0n) is 10.8. The highest BCUT2D eigenvalue weighted by Gasteiger charge is 2.03. The van der Waals surface area contributed by atoms with E-state index in [1.165, 1.54) is 9.75 Å². The highest BCUT2D eigenvalue weighted by atomic mass is 32.1. The van der Waals surface area contributed by atoms with Gasteiger partial charge in [-0.05, 0) is 24.6 Å². The number of aryl methyl sites for hydroxylation is 1. The van der Waals surface area contributed by atoms with E-state index >= 15 is 0 Å². The number of hydrogen-bond donors (Lipinski definition) is 1. The van der Waals surface area contributed by atoms with Gasteiger partial charge in [-0.1, -0.05) is 25.1 Å². The number of benzene rings is 1. The van der Waals surface area contributed by atoms with Crippen molar-refractivity contribution >= 4 is 27.9 Å². The molecule has 3 aromatic rings. The monoisotopic (exact) mass is 269 g/mol. The topological polar surface area (TPSA) is 37.8 Å². The Morgan fingerprint density at radius 1 is 1.11 bits per heavy atom. The van der Waals surface area contributed by atoms with Gasteiger partial charge < -0.3 is 5.32 Å². The van der Waals surface area contributed by atoms with E-state index in [1.54, 1.807) is 6.20 Å². The first kappa shape index (κ1) is 12.1. The van der Waals surface area contributed by atoms with Gasteiger partial charge in [0.1, 0.15) is 0 Å². The molecule has 3 nitrogen and oxygen atoms in total. The SMILES string of the molecule is CCc1ccc(CNc2cnnc3ccccc23)s1. The summed E-state index contributed by atoms with van der Waals surface area (Å²) in [6, 6.07) is 12.4. The fourth-order valence-corrected chi connectivity index (χ4v) is 2.94. The van der Waals surface area contributed by atoms with Crippen molar-refractivity contribution in [1.29, 1.82) is 0 Å². The first-order chi connectivity index (χ1) is 9.36. The first-order valence-electron chi connectivity index (χ1n) is 6.38. The lowest BCUT2D eigenvalue weighted by Gasteiger charge is -2.07. The van der Waals surface area contributed by atoms with Crippen LogP contribution in [0.3, 0.4) is 0 Å². The van der Waals surface area contributed by atoms with E-state index in [0.717, 1.165) is 29.6 Å². The van der Waals surface area contributed by atoms with E-state index in [1.807, 2.05) is 29.5 Å².